The zero-order valence-corrected chi connectivity index (χ0v) is 12.3. The van der Waals surface area contributed by atoms with Crippen molar-refractivity contribution in [2.45, 2.75) is 13.5 Å². The van der Waals surface area contributed by atoms with Crippen LogP contribution in [0.2, 0.25) is 0 Å². The molecular weight excluding hydrogens is 296 g/mol. The van der Waals surface area contributed by atoms with Gasteiger partial charge in [-0.2, -0.15) is 0 Å². The minimum absolute atomic E-state index is 0.177. The summed E-state index contributed by atoms with van der Waals surface area (Å²) in [6, 6.07) is 1.67. The Morgan fingerprint density at radius 3 is 2.90 bits per heavy atom. The molecule has 20 heavy (non-hydrogen) atoms. The van der Waals surface area contributed by atoms with Gasteiger partial charge >= 0.3 is 5.97 Å². The molecule has 0 aliphatic rings. The van der Waals surface area contributed by atoms with Gasteiger partial charge in [0.2, 0.25) is 0 Å². The van der Waals surface area contributed by atoms with E-state index in [1.54, 1.807) is 17.0 Å². The molecule has 0 saturated heterocycles. The van der Waals surface area contributed by atoms with Crippen LogP contribution < -0.4 is 5.32 Å². The third-order valence-electron chi connectivity index (χ3n) is 2.53. The summed E-state index contributed by atoms with van der Waals surface area (Å²) in [5.74, 6) is -1.19. The van der Waals surface area contributed by atoms with Crippen molar-refractivity contribution in [2.75, 3.05) is 0 Å². The monoisotopic (exact) mass is 308 g/mol. The first kappa shape index (κ1) is 14.4. The minimum Gasteiger partial charge on any atom is -0.478 e. The molecule has 0 fully saturated rings. The lowest BCUT2D eigenvalue weighted by atomic mass is 10.2. The number of nitrogens with zero attached hydrogens (tertiary/aromatic N) is 1. The summed E-state index contributed by atoms with van der Waals surface area (Å²) in [6.07, 6.45) is 2.52. The SMILES string of the molecule is Cc1ncsc1CNC(=O)c1csc(C=CC(=O)O)c1. The molecule has 2 N–H and O–H groups in total. The van der Waals surface area contributed by atoms with Crippen LogP contribution in [0.1, 0.15) is 25.8 Å². The van der Waals surface area contributed by atoms with Gasteiger partial charge in [0.1, 0.15) is 0 Å². The summed E-state index contributed by atoms with van der Waals surface area (Å²) in [6.45, 7) is 2.35. The van der Waals surface area contributed by atoms with Gasteiger partial charge < -0.3 is 10.4 Å². The number of hydrogen-bond acceptors (Lipinski definition) is 5. The fourth-order valence-corrected chi connectivity index (χ4v) is 2.97. The van der Waals surface area contributed by atoms with Gasteiger partial charge in [0, 0.05) is 21.2 Å². The number of amides is 1. The van der Waals surface area contributed by atoms with Gasteiger partial charge in [0.15, 0.2) is 0 Å². The molecule has 5 nitrogen and oxygen atoms in total. The molecular formula is C13H12N2O3S2. The Morgan fingerprint density at radius 2 is 2.25 bits per heavy atom. The number of thiazole rings is 1. The van der Waals surface area contributed by atoms with Crippen molar-refractivity contribution in [3.63, 3.8) is 0 Å². The molecule has 0 radical (unpaired) electrons. The average molecular weight is 308 g/mol. The summed E-state index contributed by atoms with van der Waals surface area (Å²) in [4.78, 5) is 28.2. The minimum atomic E-state index is -1.01. The van der Waals surface area contributed by atoms with E-state index in [9.17, 15) is 9.59 Å². The number of rotatable bonds is 5. The molecule has 0 bridgehead atoms. The first-order valence-electron chi connectivity index (χ1n) is 5.73. The Balaban J connectivity index is 1.96. The Hall–Kier alpha value is -1.99. The van der Waals surface area contributed by atoms with E-state index in [1.807, 2.05) is 6.92 Å². The number of aromatic nitrogens is 1. The highest BCUT2D eigenvalue weighted by atomic mass is 32.1. The van der Waals surface area contributed by atoms with Gasteiger partial charge in [0.25, 0.3) is 5.91 Å². The lowest BCUT2D eigenvalue weighted by molar-refractivity contribution is -0.131. The second kappa shape index (κ2) is 6.44. The number of nitrogens with one attached hydrogen (secondary N) is 1. The number of aryl methyl sites for hydroxylation is 1. The molecule has 0 saturated carbocycles. The third-order valence-corrected chi connectivity index (χ3v) is 4.36. The lowest BCUT2D eigenvalue weighted by Crippen LogP contribution is -2.22. The van der Waals surface area contributed by atoms with E-state index < -0.39 is 5.97 Å². The second-order valence-corrected chi connectivity index (χ2v) is 5.84. The number of aliphatic carboxylic acids is 1. The van der Waals surface area contributed by atoms with Crippen molar-refractivity contribution in [1.29, 1.82) is 0 Å². The molecule has 2 rings (SSSR count). The molecule has 1 amide bonds. The molecule has 2 heterocycles. The van der Waals surface area contributed by atoms with Crippen molar-refractivity contribution in [3.05, 3.63) is 44.0 Å². The fraction of sp³-hybridized carbons (Fsp3) is 0.154. The zero-order chi connectivity index (χ0) is 14.5. The van der Waals surface area contributed by atoms with E-state index in [0.29, 0.717) is 12.1 Å². The van der Waals surface area contributed by atoms with E-state index in [4.69, 9.17) is 5.11 Å². The van der Waals surface area contributed by atoms with Gasteiger partial charge in [0.05, 0.1) is 23.3 Å². The molecule has 0 spiro atoms. The van der Waals surface area contributed by atoms with Crippen LogP contribution in [0.3, 0.4) is 0 Å². The third kappa shape index (κ3) is 3.75. The Morgan fingerprint density at radius 1 is 1.45 bits per heavy atom. The molecule has 0 aliphatic heterocycles. The smallest absolute Gasteiger partial charge is 0.328 e. The highest BCUT2D eigenvalue weighted by Crippen LogP contribution is 2.17. The second-order valence-electron chi connectivity index (χ2n) is 3.95. The van der Waals surface area contributed by atoms with Gasteiger partial charge in [-0.3, -0.25) is 4.79 Å². The van der Waals surface area contributed by atoms with E-state index in [0.717, 1.165) is 21.5 Å². The molecule has 0 aromatic carbocycles. The van der Waals surface area contributed by atoms with Crippen LogP contribution in [-0.2, 0) is 11.3 Å². The summed E-state index contributed by atoms with van der Waals surface area (Å²) < 4.78 is 0. The molecule has 104 valence electrons. The van der Waals surface area contributed by atoms with Crippen molar-refractivity contribution < 1.29 is 14.7 Å². The maximum absolute atomic E-state index is 11.9. The predicted octanol–water partition coefficient (Wildman–Crippen LogP) is 2.54. The van der Waals surface area contributed by atoms with Crippen LogP contribution in [0.5, 0.6) is 0 Å². The van der Waals surface area contributed by atoms with Crippen LogP contribution in [0, 0.1) is 6.92 Å². The van der Waals surface area contributed by atoms with Crippen molar-refractivity contribution in [2.24, 2.45) is 0 Å². The largest absolute Gasteiger partial charge is 0.478 e. The summed E-state index contributed by atoms with van der Waals surface area (Å²) in [7, 11) is 0. The van der Waals surface area contributed by atoms with E-state index in [-0.39, 0.29) is 5.91 Å². The molecule has 2 aromatic rings. The summed E-state index contributed by atoms with van der Waals surface area (Å²) in [5.41, 5.74) is 3.20. The summed E-state index contributed by atoms with van der Waals surface area (Å²) in [5, 5.41) is 13.1. The van der Waals surface area contributed by atoms with Crippen molar-refractivity contribution in [3.8, 4) is 0 Å². The van der Waals surface area contributed by atoms with Gasteiger partial charge in [-0.25, -0.2) is 9.78 Å². The van der Waals surface area contributed by atoms with Crippen molar-refractivity contribution >= 4 is 40.6 Å². The maximum Gasteiger partial charge on any atom is 0.328 e. The molecule has 0 unspecified atom stereocenters. The molecule has 0 atom stereocenters. The number of carbonyl (C=O) groups is 2. The van der Waals surface area contributed by atoms with E-state index in [2.05, 4.69) is 10.3 Å². The van der Waals surface area contributed by atoms with Gasteiger partial charge in [-0.1, -0.05) is 0 Å². The summed E-state index contributed by atoms with van der Waals surface area (Å²) >= 11 is 2.83. The quantitative estimate of drug-likeness (QED) is 0.832. The molecule has 2 aromatic heterocycles. The molecule has 7 heteroatoms. The number of carbonyl (C=O) groups excluding carboxylic acids is 1. The van der Waals surface area contributed by atoms with E-state index >= 15 is 0 Å². The van der Waals surface area contributed by atoms with Crippen LogP contribution in [0.25, 0.3) is 6.08 Å². The highest BCUT2D eigenvalue weighted by Gasteiger charge is 2.09. The normalized spacial score (nSPS) is 10.8. The molecule has 0 aliphatic carbocycles. The number of hydrogen-bond donors (Lipinski definition) is 2. The first-order chi connectivity index (χ1) is 9.56. The number of carboxylic acids is 1. The van der Waals surface area contributed by atoms with Crippen LogP contribution in [0.15, 0.2) is 23.0 Å². The van der Waals surface area contributed by atoms with Gasteiger partial charge in [-0.15, -0.1) is 22.7 Å². The highest BCUT2D eigenvalue weighted by molar-refractivity contribution is 7.11. The topological polar surface area (TPSA) is 79.3 Å². The Labute approximate surface area is 123 Å². The van der Waals surface area contributed by atoms with Crippen LogP contribution in [0.4, 0.5) is 0 Å². The lowest BCUT2D eigenvalue weighted by Gasteiger charge is -2.01. The van der Waals surface area contributed by atoms with Crippen LogP contribution >= 0.6 is 22.7 Å². The Kier molecular flexibility index (Phi) is 4.65. The van der Waals surface area contributed by atoms with Gasteiger partial charge in [-0.05, 0) is 19.1 Å². The predicted molar refractivity (Wildman–Crippen MR) is 79.0 cm³/mol. The first-order valence-corrected chi connectivity index (χ1v) is 7.49. The average Bonchev–Trinajstić information content (AvgIpc) is 3.02. The Bertz CT molecular complexity index is 658. The zero-order valence-electron chi connectivity index (χ0n) is 10.6. The fourth-order valence-electron chi connectivity index (χ4n) is 1.47. The number of thiophene rings is 1. The maximum atomic E-state index is 11.9. The number of carboxylic acid groups (broad SMARTS) is 1. The standard InChI is InChI=1S/C13H12N2O3S2/c1-8-11(20-7-15-8)5-14-13(18)9-4-10(19-6-9)2-3-12(16)17/h2-4,6-7H,5H2,1H3,(H,14,18)(H,16,17). The van der Waals surface area contributed by atoms with E-state index in [1.165, 1.54) is 28.7 Å². The van der Waals surface area contributed by atoms with Crippen LogP contribution in [-0.4, -0.2) is 22.0 Å². The van der Waals surface area contributed by atoms with Crippen molar-refractivity contribution in [1.82, 2.24) is 10.3 Å².